The van der Waals surface area contributed by atoms with Crippen molar-refractivity contribution in [1.29, 1.82) is 0 Å². The largest absolute Gasteiger partial charge is 0.488 e. The number of hydrogen-bond donors (Lipinski definition) is 0. The fourth-order valence-electron chi connectivity index (χ4n) is 6.43. The van der Waals surface area contributed by atoms with Crippen molar-refractivity contribution in [2.24, 2.45) is 5.92 Å². The Hall–Kier alpha value is -3.63. The van der Waals surface area contributed by atoms with Crippen LogP contribution in [0.2, 0.25) is 0 Å². The highest BCUT2D eigenvalue weighted by atomic mass is 32.1. The van der Waals surface area contributed by atoms with Crippen LogP contribution in [-0.4, -0.2) is 72.5 Å². The summed E-state index contributed by atoms with van der Waals surface area (Å²) in [6.45, 7) is 18.6. The van der Waals surface area contributed by atoms with Gasteiger partial charge in [0.1, 0.15) is 23.6 Å². The van der Waals surface area contributed by atoms with Crippen molar-refractivity contribution in [2.45, 2.75) is 98.6 Å². The molecular weight excluding hydrogens is 627 g/mol. The molecule has 2 aliphatic rings. The molecule has 1 aromatic heterocycles. The van der Waals surface area contributed by atoms with E-state index in [1.807, 2.05) is 52.5 Å². The average molecular weight is 678 g/mol. The molecule has 0 saturated carbocycles. The summed E-state index contributed by atoms with van der Waals surface area (Å²) >= 11 is 1.59. The smallest absolute Gasteiger partial charge is 0.410 e. The number of esters is 1. The zero-order valence-corrected chi connectivity index (χ0v) is 30.8. The maximum Gasteiger partial charge on any atom is 0.410 e. The summed E-state index contributed by atoms with van der Waals surface area (Å²) in [5, 5.41) is 2.96. The standard InChI is InChI=1S/C38H51N3O6S/c1-24-11-10-12-29(31-23-48-35(39-31)41-20-17-30(32(21-41)44-9)34(42)46-37(3,4)5)33(24)45-22-27-14-13-26-15-18-40(19-16-28(26)25(27)2)36(43)47-38(6,7)8/h10-14,23,30,32H,15-22H2,1-9H3/t30-,32+/m1/s1. The molecule has 48 heavy (non-hydrogen) atoms. The highest BCUT2D eigenvalue weighted by molar-refractivity contribution is 7.14. The van der Waals surface area contributed by atoms with Gasteiger partial charge >= 0.3 is 12.1 Å². The number of ether oxygens (including phenoxy) is 4. The Labute approximate surface area is 289 Å². The summed E-state index contributed by atoms with van der Waals surface area (Å²) in [7, 11) is 1.65. The Bertz CT molecular complexity index is 1620. The van der Waals surface area contributed by atoms with E-state index in [9.17, 15) is 9.59 Å². The van der Waals surface area contributed by atoms with Gasteiger partial charge < -0.3 is 28.7 Å². The molecule has 9 nitrogen and oxygen atoms in total. The first-order chi connectivity index (χ1) is 22.6. The third-order valence-electron chi connectivity index (χ3n) is 8.94. The highest BCUT2D eigenvalue weighted by Crippen LogP contribution is 2.38. The molecule has 2 atom stereocenters. The Kier molecular flexibility index (Phi) is 10.7. The number of piperidine rings is 1. The molecule has 0 radical (unpaired) electrons. The van der Waals surface area contributed by atoms with Crippen LogP contribution in [0.15, 0.2) is 35.7 Å². The third kappa shape index (κ3) is 8.50. The van der Waals surface area contributed by atoms with Crippen LogP contribution < -0.4 is 9.64 Å². The van der Waals surface area contributed by atoms with E-state index in [0.717, 1.165) is 46.1 Å². The summed E-state index contributed by atoms with van der Waals surface area (Å²) in [6, 6.07) is 10.5. The van der Waals surface area contributed by atoms with Crippen molar-refractivity contribution in [1.82, 2.24) is 9.88 Å². The van der Waals surface area contributed by atoms with Crippen molar-refractivity contribution in [3.8, 4) is 17.0 Å². The normalized spacial score (nSPS) is 18.6. The molecule has 0 aliphatic carbocycles. The number of anilines is 1. The molecule has 0 unspecified atom stereocenters. The number of thiazole rings is 1. The molecule has 1 fully saturated rings. The van der Waals surface area contributed by atoms with Crippen molar-refractivity contribution in [3.63, 3.8) is 0 Å². The van der Waals surface area contributed by atoms with Gasteiger partial charge in [0.05, 0.1) is 17.7 Å². The number of para-hydroxylation sites is 1. The molecule has 0 spiro atoms. The number of methoxy groups -OCH3 is 1. The van der Waals surface area contributed by atoms with Crippen LogP contribution in [0.25, 0.3) is 11.3 Å². The number of fused-ring (bicyclic) bond motifs is 1. The van der Waals surface area contributed by atoms with Gasteiger partial charge in [-0.05, 0) is 109 Å². The van der Waals surface area contributed by atoms with Gasteiger partial charge in [-0.25, -0.2) is 9.78 Å². The first kappa shape index (κ1) is 35.7. The number of aryl methyl sites for hydroxylation is 1. The quantitative estimate of drug-likeness (QED) is 0.237. The van der Waals surface area contributed by atoms with E-state index in [1.165, 1.54) is 16.7 Å². The van der Waals surface area contributed by atoms with Crippen LogP contribution >= 0.6 is 11.3 Å². The molecule has 3 aromatic rings. The molecule has 5 rings (SSSR count). The molecular formula is C38H51N3O6S. The van der Waals surface area contributed by atoms with E-state index >= 15 is 0 Å². The Balaban J connectivity index is 1.28. The van der Waals surface area contributed by atoms with Crippen LogP contribution in [0.3, 0.4) is 0 Å². The van der Waals surface area contributed by atoms with Crippen LogP contribution in [-0.2, 0) is 38.5 Å². The van der Waals surface area contributed by atoms with Gasteiger partial charge in [-0.3, -0.25) is 4.79 Å². The lowest BCUT2D eigenvalue weighted by Gasteiger charge is -2.37. The van der Waals surface area contributed by atoms with E-state index in [4.69, 9.17) is 23.9 Å². The second-order valence-electron chi connectivity index (χ2n) is 14.9. The lowest BCUT2D eigenvalue weighted by molar-refractivity contribution is -0.165. The van der Waals surface area contributed by atoms with E-state index < -0.39 is 11.2 Å². The predicted octanol–water partition coefficient (Wildman–Crippen LogP) is 7.52. The zero-order chi connectivity index (χ0) is 34.8. The fraction of sp³-hybridized carbons (Fsp3) is 0.553. The third-order valence-corrected chi connectivity index (χ3v) is 9.84. The molecule has 260 valence electrons. The van der Waals surface area contributed by atoms with E-state index in [-0.39, 0.29) is 24.1 Å². The first-order valence-corrected chi connectivity index (χ1v) is 17.8. The number of carbonyl (C=O) groups is 2. The summed E-state index contributed by atoms with van der Waals surface area (Å²) in [4.78, 5) is 34.7. The van der Waals surface area contributed by atoms with Gasteiger partial charge in [-0.2, -0.15) is 0 Å². The van der Waals surface area contributed by atoms with Crippen LogP contribution in [0, 0.1) is 19.8 Å². The van der Waals surface area contributed by atoms with E-state index in [2.05, 4.69) is 48.4 Å². The molecule has 2 aromatic carbocycles. The van der Waals surface area contributed by atoms with Crippen molar-refractivity contribution < 1.29 is 28.5 Å². The highest BCUT2D eigenvalue weighted by Gasteiger charge is 2.38. The van der Waals surface area contributed by atoms with E-state index in [1.54, 1.807) is 18.4 Å². The first-order valence-electron chi connectivity index (χ1n) is 16.9. The van der Waals surface area contributed by atoms with Crippen molar-refractivity contribution in [2.75, 3.05) is 38.2 Å². The predicted molar refractivity (Wildman–Crippen MR) is 190 cm³/mol. The summed E-state index contributed by atoms with van der Waals surface area (Å²) in [6.07, 6.45) is 1.69. The van der Waals surface area contributed by atoms with Gasteiger partial charge in [0.2, 0.25) is 0 Å². The van der Waals surface area contributed by atoms with Gasteiger partial charge in [0.15, 0.2) is 5.13 Å². The topological polar surface area (TPSA) is 90.4 Å². The number of aromatic nitrogens is 1. The number of benzene rings is 2. The van der Waals surface area contributed by atoms with Crippen molar-refractivity contribution >= 4 is 28.5 Å². The summed E-state index contributed by atoms with van der Waals surface area (Å²) in [5.74, 6) is 0.308. The zero-order valence-electron chi connectivity index (χ0n) is 30.0. The second kappa shape index (κ2) is 14.5. The molecule has 1 saturated heterocycles. The minimum Gasteiger partial charge on any atom is -0.488 e. The summed E-state index contributed by atoms with van der Waals surface area (Å²) < 4.78 is 23.7. The number of amides is 1. The second-order valence-corrected chi connectivity index (χ2v) is 15.7. The molecule has 10 heteroatoms. The number of rotatable bonds is 7. The number of hydrogen-bond acceptors (Lipinski definition) is 9. The molecule has 0 bridgehead atoms. The SMILES string of the molecule is CO[C@H]1CN(c2nc(-c3cccc(C)c3OCc3ccc4c(c3C)CCN(C(=O)OC(C)(C)C)CC4)cs2)CC[C@H]1C(=O)OC(C)(C)C. The van der Waals surface area contributed by atoms with Gasteiger partial charge in [-0.15, -0.1) is 11.3 Å². The minimum atomic E-state index is -0.534. The molecule has 2 aliphatic heterocycles. The lowest BCUT2D eigenvalue weighted by Crippen LogP contribution is -2.49. The van der Waals surface area contributed by atoms with Gasteiger partial charge in [0, 0.05) is 44.2 Å². The maximum absolute atomic E-state index is 12.9. The van der Waals surface area contributed by atoms with Gasteiger partial charge in [0.25, 0.3) is 0 Å². The van der Waals surface area contributed by atoms with Crippen LogP contribution in [0.5, 0.6) is 5.75 Å². The summed E-state index contributed by atoms with van der Waals surface area (Å²) in [5.41, 5.74) is 6.72. The fourth-order valence-corrected chi connectivity index (χ4v) is 7.29. The number of nitrogens with zero attached hydrogens (tertiary/aromatic N) is 3. The van der Waals surface area contributed by atoms with Crippen LogP contribution in [0.1, 0.15) is 75.8 Å². The van der Waals surface area contributed by atoms with Gasteiger partial charge in [-0.1, -0.05) is 24.3 Å². The van der Waals surface area contributed by atoms with Crippen molar-refractivity contribution in [3.05, 3.63) is 63.5 Å². The maximum atomic E-state index is 12.9. The van der Waals surface area contributed by atoms with Crippen LogP contribution in [0.4, 0.5) is 9.93 Å². The molecule has 3 heterocycles. The molecule has 1 amide bonds. The Morgan fingerprint density at radius 1 is 0.958 bits per heavy atom. The number of carbonyl (C=O) groups excluding carboxylic acids is 2. The average Bonchev–Trinajstić information content (AvgIpc) is 3.39. The Morgan fingerprint density at radius 3 is 2.40 bits per heavy atom. The molecule has 0 N–H and O–H groups in total. The lowest BCUT2D eigenvalue weighted by atomic mass is 9.93. The Morgan fingerprint density at radius 2 is 1.69 bits per heavy atom. The monoisotopic (exact) mass is 677 g/mol. The van der Waals surface area contributed by atoms with E-state index in [0.29, 0.717) is 39.2 Å². The minimum absolute atomic E-state index is 0.206.